The fourth-order valence-corrected chi connectivity index (χ4v) is 3.45. The molecule has 0 atom stereocenters. The predicted molar refractivity (Wildman–Crippen MR) is 80.8 cm³/mol. The largest absolute Gasteiger partial charge is 0.418 e. The van der Waals surface area contributed by atoms with Crippen LogP contribution in [0.25, 0.3) is 0 Å². The second-order valence-corrected chi connectivity index (χ2v) is 6.83. The van der Waals surface area contributed by atoms with Crippen LogP contribution in [0.2, 0.25) is 0 Å². The molecule has 1 heterocycles. The SMILES string of the molecule is FC(F)(F)c1cc(CNC2CC2)ccc1N1CCSCC1. The van der Waals surface area contributed by atoms with Crippen molar-refractivity contribution in [3.63, 3.8) is 0 Å². The molecule has 1 aromatic rings. The Kier molecular flexibility index (Phi) is 4.36. The van der Waals surface area contributed by atoms with E-state index in [0.29, 0.717) is 36.9 Å². The summed E-state index contributed by atoms with van der Waals surface area (Å²) in [7, 11) is 0. The lowest BCUT2D eigenvalue weighted by Gasteiger charge is -2.31. The van der Waals surface area contributed by atoms with E-state index in [1.165, 1.54) is 6.07 Å². The Labute approximate surface area is 127 Å². The highest BCUT2D eigenvalue weighted by atomic mass is 32.2. The topological polar surface area (TPSA) is 15.3 Å². The van der Waals surface area contributed by atoms with E-state index >= 15 is 0 Å². The normalized spacial score (nSPS) is 19.9. The molecule has 1 N–H and O–H groups in total. The minimum Gasteiger partial charge on any atom is -0.369 e. The molecule has 2 fully saturated rings. The molecule has 1 aliphatic carbocycles. The lowest BCUT2D eigenvalue weighted by molar-refractivity contribution is -0.137. The molecule has 1 saturated carbocycles. The Bertz CT molecular complexity index is 494. The Hall–Kier alpha value is -0.880. The summed E-state index contributed by atoms with van der Waals surface area (Å²) in [6.45, 7) is 1.89. The number of nitrogens with zero attached hydrogens (tertiary/aromatic N) is 1. The van der Waals surface area contributed by atoms with Gasteiger partial charge in [-0.05, 0) is 30.5 Å². The van der Waals surface area contributed by atoms with Crippen LogP contribution in [0.15, 0.2) is 18.2 Å². The predicted octanol–water partition coefficient (Wildman–Crippen LogP) is 3.51. The number of benzene rings is 1. The van der Waals surface area contributed by atoms with Crippen LogP contribution in [0.5, 0.6) is 0 Å². The zero-order chi connectivity index (χ0) is 14.9. The van der Waals surface area contributed by atoms with Crippen LogP contribution in [0, 0.1) is 0 Å². The summed E-state index contributed by atoms with van der Waals surface area (Å²) in [6, 6.07) is 5.27. The van der Waals surface area contributed by atoms with Gasteiger partial charge >= 0.3 is 6.18 Å². The first-order valence-corrected chi connectivity index (χ1v) is 8.46. The lowest BCUT2D eigenvalue weighted by Crippen LogP contribution is -2.34. The number of nitrogens with one attached hydrogen (secondary N) is 1. The fraction of sp³-hybridized carbons (Fsp3) is 0.600. The smallest absolute Gasteiger partial charge is 0.369 e. The lowest BCUT2D eigenvalue weighted by atomic mass is 10.1. The summed E-state index contributed by atoms with van der Waals surface area (Å²) < 4.78 is 40.0. The van der Waals surface area contributed by atoms with Gasteiger partial charge in [0.15, 0.2) is 0 Å². The third kappa shape index (κ3) is 3.86. The molecular formula is C15H19F3N2S. The Morgan fingerprint density at radius 3 is 2.52 bits per heavy atom. The van der Waals surface area contributed by atoms with Gasteiger partial charge in [0, 0.05) is 42.9 Å². The maximum absolute atomic E-state index is 13.3. The van der Waals surface area contributed by atoms with Gasteiger partial charge in [0.05, 0.1) is 5.56 Å². The monoisotopic (exact) mass is 316 g/mol. The quantitative estimate of drug-likeness (QED) is 0.915. The summed E-state index contributed by atoms with van der Waals surface area (Å²) in [6.07, 6.45) is -2.03. The van der Waals surface area contributed by atoms with E-state index in [-0.39, 0.29) is 0 Å². The molecular weight excluding hydrogens is 297 g/mol. The average Bonchev–Trinajstić information content (AvgIpc) is 3.29. The number of halogens is 3. The number of rotatable bonds is 4. The maximum Gasteiger partial charge on any atom is 0.418 e. The van der Waals surface area contributed by atoms with Crippen molar-refractivity contribution in [2.24, 2.45) is 0 Å². The van der Waals surface area contributed by atoms with Crippen molar-refractivity contribution in [3.05, 3.63) is 29.3 Å². The molecule has 3 rings (SSSR count). The first kappa shape index (κ1) is 15.0. The standard InChI is InChI=1S/C15H19F3N2S/c16-15(17,18)13-9-11(10-19-12-2-3-12)1-4-14(13)20-5-7-21-8-6-20/h1,4,9,12,19H,2-3,5-8,10H2. The Balaban J connectivity index is 1.83. The molecule has 6 heteroatoms. The van der Waals surface area contributed by atoms with E-state index in [4.69, 9.17) is 0 Å². The van der Waals surface area contributed by atoms with Crippen LogP contribution < -0.4 is 10.2 Å². The molecule has 0 radical (unpaired) electrons. The average molecular weight is 316 g/mol. The van der Waals surface area contributed by atoms with Crippen LogP contribution in [0.4, 0.5) is 18.9 Å². The maximum atomic E-state index is 13.3. The molecule has 2 aliphatic rings. The van der Waals surface area contributed by atoms with Crippen LogP contribution in [0.3, 0.4) is 0 Å². The molecule has 0 aromatic heterocycles. The van der Waals surface area contributed by atoms with Crippen molar-refractivity contribution in [2.75, 3.05) is 29.5 Å². The summed E-state index contributed by atoms with van der Waals surface area (Å²) in [5.41, 5.74) is 0.548. The van der Waals surface area contributed by atoms with Crippen molar-refractivity contribution in [1.29, 1.82) is 0 Å². The highest BCUT2D eigenvalue weighted by Crippen LogP contribution is 2.38. The van der Waals surface area contributed by atoms with Gasteiger partial charge < -0.3 is 10.2 Å². The van der Waals surface area contributed by atoms with E-state index in [1.54, 1.807) is 17.8 Å². The second-order valence-electron chi connectivity index (χ2n) is 5.60. The highest BCUT2D eigenvalue weighted by Gasteiger charge is 2.35. The number of anilines is 1. The number of alkyl halides is 3. The van der Waals surface area contributed by atoms with Crippen molar-refractivity contribution >= 4 is 17.4 Å². The van der Waals surface area contributed by atoms with Gasteiger partial charge in [0.2, 0.25) is 0 Å². The first-order chi connectivity index (χ1) is 10.0. The molecule has 116 valence electrons. The van der Waals surface area contributed by atoms with Crippen molar-refractivity contribution in [2.45, 2.75) is 31.6 Å². The van der Waals surface area contributed by atoms with Crippen LogP contribution in [-0.4, -0.2) is 30.6 Å². The van der Waals surface area contributed by atoms with Crippen LogP contribution in [0.1, 0.15) is 24.0 Å². The molecule has 1 saturated heterocycles. The second kappa shape index (κ2) is 6.08. The van der Waals surface area contributed by atoms with Crippen LogP contribution >= 0.6 is 11.8 Å². The minimum absolute atomic E-state index is 0.331. The summed E-state index contributed by atoms with van der Waals surface area (Å²) in [4.78, 5) is 1.86. The molecule has 0 bridgehead atoms. The molecule has 21 heavy (non-hydrogen) atoms. The molecule has 0 spiro atoms. The molecule has 0 unspecified atom stereocenters. The highest BCUT2D eigenvalue weighted by molar-refractivity contribution is 7.99. The third-order valence-corrected chi connectivity index (χ3v) is 4.83. The van der Waals surface area contributed by atoms with E-state index in [0.717, 1.165) is 24.3 Å². The number of hydrogen-bond acceptors (Lipinski definition) is 3. The van der Waals surface area contributed by atoms with Gasteiger partial charge in [0.25, 0.3) is 0 Å². The van der Waals surface area contributed by atoms with Gasteiger partial charge in [-0.15, -0.1) is 0 Å². The van der Waals surface area contributed by atoms with Gasteiger partial charge in [0.1, 0.15) is 0 Å². The number of thioether (sulfide) groups is 1. The van der Waals surface area contributed by atoms with E-state index < -0.39 is 11.7 Å². The Morgan fingerprint density at radius 1 is 1.19 bits per heavy atom. The summed E-state index contributed by atoms with van der Waals surface area (Å²) in [5, 5.41) is 3.27. The molecule has 2 nitrogen and oxygen atoms in total. The third-order valence-electron chi connectivity index (χ3n) is 3.89. The van der Waals surface area contributed by atoms with Crippen molar-refractivity contribution in [1.82, 2.24) is 5.32 Å². The van der Waals surface area contributed by atoms with E-state index in [2.05, 4.69) is 5.32 Å². The zero-order valence-electron chi connectivity index (χ0n) is 11.7. The fourth-order valence-electron chi connectivity index (χ4n) is 2.55. The van der Waals surface area contributed by atoms with Crippen molar-refractivity contribution < 1.29 is 13.2 Å². The zero-order valence-corrected chi connectivity index (χ0v) is 12.6. The van der Waals surface area contributed by atoms with Gasteiger partial charge in [-0.3, -0.25) is 0 Å². The summed E-state index contributed by atoms with van der Waals surface area (Å²) in [5.74, 6) is 1.78. The minimum atomic E-state index is -4.30. The Morgan fingerprint density at radius 2 is 1.90 bits per heavy atom. The number of hydrogen-bond donors (Lipinski definition) is 1. The van der Waals surface area contributed by atoms with Crippen LogP contribution in [-0.2, 0) is 12.7 Å². The van der Waals surface area contributed by atoms with Gasteiger partial charge in [-0.2, -0.15) is 24.9 Å². The van der Waals surface area contributed by atoms with Crippen molar-refractivity contribution in [3.8, 4) is 0 Å². The van der Waals surface area contributed by atoms with Gasteiger partial charge in [-0.25, -0.2) is 0 Å². The molecule has 0 amide bonds. The van der Waals surface area contributed by atoms with E-state index in [1.807, 2.05) is 11.0 Å². The summed E-state index contributed by atoms with van der Waals surface area (Å²) >= 11 is 1.80. The van der Waals surface area contributed by atoms with E-state index in [9.17, 15) is 13.2 Å². The molecule has 1 aliphatic heterocycles. The first-order valence-electron chi connectivity index (χ1n) is 7.30. The van der Waals surface area contributed by atoms with Gasteiger partial charge in [-0.1, -0.05) is 6.07 Å². The molecule has 1 aromatic carbocycles.